The van der Waals surface area contributed by atoms with Gasteiger partial charge >= 0.3 is 0 Å². The zero-order valence-corrected chi connectivity index (χ0v) is 17.8. The van der Waals surface area contributed by atoms with Gasteiger partial charge in [0.05, 0.1) is 19.3 Å². The molecule has 4 rings (SSSR count). The molecule has 3 aromatic rings. The van der Waals surface area contributed by atoms with Crippen molar-refractivity contribution in [3.63, 3.8) is 0 Å². The lowest BCUT2D eigenvalue weighted by atomic mass is 9.89. The number of benzene rings is 2. The molecule has 0 radical (unpaired) electrons. The molecule has 1 fully saturated rings. The van der Waals surface area contributed by atoms with Gasteiger partial charge in [0.25, 0.3) is 0 Å². The van der Waals surface area contributed by atoms with E-state index in [1.807, 2.05) is 30.5 Å². The molecule has 0 saturated carbocycles. The summed E-state index contributed by atoms with van der Waals surface area (Å²) in [6.45, 7) is -0.595. The van der Waals surface area contributed by atoms with Crippen LogP contribution in [0.25, 0.3) is 17.0 Å². The molecule has 9 heteroatoms. The van der Waals surface area contributed by atoms with E-state index in [9.17, 15) is 30.3 Å². The van der Waals surface area contributed by atoms with Crippen molar-refractivity contribution in [1.29, 1.82) is 0 Å². The number of aromatic hydroxyl groups is 1. The van der Waals surface area contributed by atoms with Crippen LogP contribution < -0.4 is 4.74 Å². The second kappa shape index (κ2) is 9.34. The normalized spacial score (nSPS) is 25.5. The highest BCUT2D eigenvalue weighted by atomic mass is 16.5. The predicted octanol–water partition coefficient (Wildman–Crippen LogP) is 1.29. The number of fused-ring (bicyclic) bond motifs is 1. The van der Waals surface area contributed by atoms with Gasteiger partial charge < -0.3 is 40.0 Å². The number of phenols is 1. The number of ketones is 1. The number of hydrogen-bond donors (Lipinski definition) is 6. The summed E-state index contributed by atoms with van der Waals surface area (Å²) >= 11 is 0. The second-order valence-corrected chi connectivity index (χ2v) is 7.88. The third-order valence-corrected chi connectivity index (χ3v) is 5.82. The zero-order valence-electron chi connectivity index (χ0n) is 17.8. The fourth-order valence-electron chi connectivity index (χ4n) is 3.98. The number of aromatic nitrogens is 1. The number of hydrogen-bond acceptors (Lipinski definition) is 8. The van der Waals surface area contributed by atoms with Crippen LogP contribution in [-0.2, 0) is 4.74 Å². The molecule has 2 heterocycles. The first-order valence-corrected chi connectivity index (χ1v) is 10.3. The lowest BCUT2D eigenvalue weighted by molar-refractivity contribution is -0.232. The fraction of sp³-hybridized carbons (Fsp3) is 0.292. The first kappa shape index (κ1) is 23.0. The average molecular weight is 455 g/mol. The highest BCUT2D eigenvalue weighted by Crippen LogP contribution is 2.40. The minimum Gasteiger partial charge on any atom is -0.507 e. The van der Waals surface area contributed by atoms with Crippen LogP contribution in [0.15, 0.2) is 48.7 Å². The summed E-state index contributed by atoms with van der Waals surface area (Å²) in [6, 6.07) is 10.1. The maximum Gasteiger partial charge on any atom is 0.189 e. The van der Waals surface area contributed by atoms with Crippen LogP contribution in [-0.4, -0.2) is 74.4 Å². The Morgan fingerprint density at radius 1 is 1.12 bits per heavy atom. The zero-order chi connectivity index (χ0) is 23.7. The molecule has 0 aliphatic carbocycles. The highest BCUT2D eigenvalue weighted by Gasteiger charge is 2.45. The number of carbonyl (C=O) groups excluding carboxylic acids is 1. The number of nitrogens with one attached hydrogen (secondary N) is 1. The van der Waals surface area contributed by atoms with Crippen molar-refractivity contribution in [1.82, 2.24) is 4.98 Å². The number of phenolic OH excluding ortho intramolecular Hbond substituents is 1. The van der Waals surface area contributed by atoms with Crippen molar-refractivity contribution >= 4 is 22.8 Å². The van der Waals surface area contributed by atoms with Gasteiger partial charge in [0.1, 0.15) is 42.0 Å². The third kappa shape index (κ3) is 4.37. The Morgan fingerprint density at radius 2 is 1.91 bits per heavy atom. The Morgan fingerprint density at radius 3 is 2.64 bits per heavy atom. The number of aliphatic hydroxyl groups excluding tert-OH is 4. The monoisotopic (exact) mass is 455 g/mol. The number of H-pyrrole nitrogens is 1. The Balaban J connectivity index is 1.66. The largest absolute Gasteiger partial charge is 0.507 e. The van der Waals surface area contributed by atoms with Crippen LogP contribution >= 0.6 is 0 Å². The Bertz CT molecular complexity index is 1180. The number of rotatable bonds is 6. The van der Waals surface area contributed by atoms with Gasteiger partial charge in [-0.15, -0.1) is 0 Å². The molecule has 0 spiro atoms. The number of ether oxygens (including phenoxy) is 2. The maximum atomic E-state index is 12.9. The minimum atomic E-state index is -1.60. The Kier molecular flexibility index (Phi) is 6.50. The molecule has 174 valence electrons. The van der Waals surface area contributed by atoms with Gasteiger partial charge in [0.15, 0.2) is 5.78 Å². The number of allylic oxidation sites excluding steroid dienone is 1. The van der Waals surface area contributed by atoms with Crippen LogP contribution in [0.1, 0.15) is 27.6 Å². The van der Waals surface area contributed by atoms with E-state index in [2.05, 4.69) is 4.98 Å². The average Bonchev–Trinajstić information content (AvgIpc) is 3.29. The van der Waals surface area contributed by atoms with Crippen molar-refractivity contribution in [3.05, 3.63) is 65.4 Å². The van der Waals surface area contributed by atoms with Crippen molar-refractivity contribution in [2.24, 2.45) is 0 Å². The molecule has 1 aliphatic heterocycles. The number of aromatic amines is 1. The van der Waals surface area contributed by atoms with E-state index in [0.717, 1.165) is 16.5 Å². The molecule has 1 saturated heterocycles. The van der Waals surface area contributed by atoms with Crippen LogP contribution in [0.4, 0.5) is 0 Å². The first-order chi connectivity index (χ1) is 15.8. The first-order valence-electron chi connectivity index (χ1n) is 10.3. The number of methoxy groups -OCH3 is 1. The standard InChI is InChI=1S/C24H25NO8/c1-32-19-10-18(28)14(9-15(19)24-23(31)22(30)21(29)20(11-26)33-24)17(27)5-3-12-2-4-16-13(8-12)6-7-25-16/h2-10,20-26,28-31H,11H2,1H3/b5-3+. The summed E-state index contributed by atoms with van der Waals surface area (Å²) in [7, 11) is 1.33. The van der Waals surface area contributed by atoms with Gasteiger partial charge in [-0.1, -0.05) is 12.1 Å². The molecule has 1 aliphatic rings. The minimum absolute atomic E-state index is 0.0678. The predicted molar refractivity (Wildman–Crippen MR) is 119 cm³/mol. The molecule has 5 atom stereocenters. The molecule has 0 bridgehead atoms. The Hall–Kier alpha value is -3.21. The third-order valence-electron chi connectivity index (χ3n) is 5.82. The molecule has 1 aromatic heterocycles. The summed E-state index contributed by atoms with van der Waals surface area (Å²) in [5, 5.41) is 51.5. The van der Waals surface area contributed by atoms with E-state index in [1.54, 1.807) is 6.08 Å². The van der Waals surface area contributed by atoms with Gasteiger partial charge in [-0.25, -0.2) is 0 Å². The topological polar surface area (TPSA) is 152 Å². The van der Waals surface area contributed by atoms with E-state index >= 15 is 0 Å². The molecule has 6 N–H and O–H groups in total. The fourth-order valence-corrected chi connectivity index (χ4v) is 3.98. The Labute approximate surface area is 189 Å². The van der Waals surface area contributed by atoms with Gasteiger partial charge in [-0.2, -0.15) is 0 Å². The summed E-state index contributed by atoms with van der Waals surface area (Å²) < 4.78 is 10.9. The molecule has 9 nitrogen and oxygen atoms in total. The summed E-state index contributed by atoms with van der Waals surface area (Å²) in [5.41, 5.74) is 1.87. The van der Waals surface area contributed by atoms with Gasteiger partial charge in [-0.05, 0) is 41.3 Å². The number of carbonyl (C=O) groups is 1. The molecular weight excluding hydrogens is 430 g/mol. The van der Waals surface area contributed by atoms with Crippen LogP contribution in [0.5, 0.6) is 11.5 Å². The van der Waals surface area contributed by atoms with Crippen molar-refractivity contribution < 1.29 is 39.8 Å². The van der Waals surface area contributed by atoms with E-state index in [4.69, 9.17) is 9.47 Å². The molecule has 33 heavy (non-hydrogen) atoms. The van der Waals surface area contributed by atoms with Crippen molar-refractivity contribution in [2.45, 2.75) is 30.5 Å². The van der Waals surface area contributed by atoms with Gasteiger partial charge in [-0.3, -0.25) is 4.79 Å². The van der Waals surface area contributed by atoms with Crippen molar-refractivity contribution in [2.75, 3.05) is 13.7 Å². The van der Waals surface area contributed by atoms with Crippen molar-refractivity contribution in [3.8, 4) is 11.5 Å². The van der Waals surface area contributed by atoms with Gasteiger partial charge in [0, 0.05) is 23.3 Å². The highest BCUT2D eigenvalue weighted by molar-refractivity contribution is 6.09. The SMILES string of the molecule is COc1cc(O)c(C(=O)/C=C/c2ccc3[nH]ccc3c2)cc1C1OC(CO)C(O)C(O)C1O. The molecule has 0 amide bonds. The quantitative estimate of drug-likeness (QED) is 0.240. The van der Waals surface area contributed by atoms with Crippen LogP contribution in [0.2, 0.25) is 0 Å². The van der Waals surface area contributed by atoms with E-state index in [0.29, 0.717) is 0 Å². The summed E-state index contributed by atoms with van der Waals surface area (Å²) in [4.78, 5) is 16.0. The maximum absolute atomic E-state index is 12.9. The second-order valence-electron chi connectivity index (χ2n) is 7.88. The van der Waals surface area contributed by atoms with E-state index in [-0.39, 0.29) is 22.6 Å². The lowest BCUT2D eigenvalue weighted by Crippen LogP contribution is -2.55. The summed E-state index contributed by atoms with van der Waals surface area (Å²) in [5.74, 6) is -0.735. The molecular formula is C24H25NO8. The smallest absolute Gasteiger partial charge is 0.189 e. The van der Waals surface area contributed by atoms with E-state index in [1.165, 1.54) is 25.3 Å². The van der Waals surface area contributed by atoms with Gasteiger partial charge in [0.2, 0.25) is 0 Å². The van der Waals surface area contributed by atoms with E-state index < -0.39 is 42.9 Å². The molecule has 5 unspecified atom stereocenters. The lowest BCUT2D eigenvalue weighted by Gasteiger charge is -2.40. The molecule has 2 aromatic carbocycles. The van der Waals surface area contributed by atoms with Crippen LogP contribution in [0.3, 0.4) is 0 Å². The number of aliphatic hydroxyl groups is 4. The van der Waals surface area contributed by atoms with Crippen LogP contribution in [0, 0.1) is 0 Å². The summed E-state index contributed by atoms with van der Waals surface area (Å²) in [6.07, 6.45) is -2.28.